The van der Waals surface area contributed by atoms with Gasteiger partial charge in [0.1, 0.15) is 11.3 Å². The average molecular weight is 541 g/mol. The third-order valence-electron chi connectivity index (χ3n) is 5.62. The van der Waals surface area contributed by atoms with Gasteiger partial charge >= 0.3 is 17.9 Å². The average Bonchev–Trinajstić information content (AvgIpc) is 3.35. The van der Waals surface area contributed by atoms with E-state index in [1.54, 1.807) is 0 Å². The highest BCUT2D eigenvalue weighted by Gasteiger charge is 2.37. The molecule has 0 unspecified atom stereocenters. The summed E-state index contributed by atoms with van der Waals surface area (Å²) in [5.41, 5.74) is -1.98. The molecule has 2 heterocycles. The molecule has 0 radical (unpaired) electrons. The van der Waals surface area contributed by atoms with Gasteiger partial charge in [0.05, 0.1) is 16.2 Å². The van der Waals surface area contributed by atoms with Crippen LogP contribution in [-0.4, -0.2) is 29.6 Å². The number of benzene rings is 3. The molecule has 198 valence electrons. The topological polar surface area (TPSA) is 137 Å². The number of carbonyl (C=O) groups excluding carboxylic acids is 3. The van der Waals surface area contributed by atoms with E-state index in [1.807, 2.05) is 0 Å². The fourth-order valence-corrected chi connectivity index (χ4v) is 3.76. The number of carbonyl (C=O) groups is 3. The van der Waals surface area contributed by atoms with Crippen LogP contribution in [0.3, 0.4) is 0 Å². The first-order chi connectivity index (χ1) is 18.5. The summed E-state index contributed by atoms with van der Waals surface area (Å²) in [4.78, 5) is 49.0. The van der Waals surface area contributed by atoms with Crippen molar-refractivity contribution in [1.29, 1.82) is 0 Å². The fourth-order valence-electron chi connectivity index (χ4n) is 3.76. The number of imide groups is 2. The van der Waals surface area contributed by atoms with E-state index in [-0.39, 0.29) is 23.8 Å². The minimum Gasteiger partial charge on any atom is -0.454 e. The lowest BCUT2D eigenvalue weighted by Gasteiger charge is -2.26. The van der Waals surface area contributed by atoms with E-state index in [2.05, 4.69) is 5.32 Å². The number of amides is 4. The van der Waals surface area contributed by atoms with Gasteiger partial charge in [-0.1, -0.05) is 12.1 Å². The maximum Gasteiger partial charge on any atom is 0.416 e. The van der Waals surface area contributed by atoms with Crippen molar-refractivity contribution in [1.82, 2.24) is 5.32 Å². The number of nitro groups is 1. The van der Waals surface area contributed by atoms with Crippen LogP contribution in [-0.2, 0) is 15.8 Å². The van der Waals surface area contributed by atoms with Gasteiger partial charge < -0.3 is 14.2 Å². The molecular formula is C25H14F3N3O8. The Balaban J connectivity index is 1.38. The second kappa shape index (κ2) is 9.48. The zero-order chi connectivity index (χ0) is 27.9. The van der Waals surface area contributed by atoms with Crippen LogP contribution in [0.1, 0.15) is 11.1 Å². The van der Waals surface area contributed by atoms with Gasteiger partial charge in [0.15, 0.2) is 11.5 Å². The first kappa shape index (κ1) is 25.3. The Morgan fingerprint density at radius 2 is 1.69 bits per heavy atom. The summed E-state index contributed by atoms with van der Waals surface area (Å²) in [7, 11) is 0. The van der Waals surface area contributed by atoms with Crippen molar-refractivity contribution in [3.63, 3.8) is 0 Å². The molecule has 1 saturated heterocycles. The highest BCUT2D eigenvalue weighted by atomic mass is 19.4. The lowest BCUT2D eigenvalue weighted by molar-refractivity contribution is -0.385. The molecular weight excluding hydrogens is 527 g/mol. The van der Waals surface area contributed by atoms with Crippen molar-refractivity contribution < 1.29 is 46.7 Å². The summed E-state index contributed by atoms with van der Waals surface area (Å²) in [6, 6.07) is 10.8. The van der Waals surface area contributed by atoms with Gasteiger partial charge in [0.2, 0.25) is 12.5 Å². The van der Waals surface area contributed by atoms with Crippen LogP contribution in [0.5, 0.6) is 23.0 Å². The Morgan fingerprint density at radius 1 is 0.974 bits per heavy atom. The smallest absolute Gasteiger partial charge is 0.416 e. The fraction of sp³-hybridized carbons (Fsp3) is 0.0800. The lowest BCUT2D eigenvalue weighted by Crippen LogP contribution is -2.54. The number of nitrogens with one attached hydrogen (secondary N) is 1. The number of urea groups is 1. The molecule has 11 nitrogen and oxygen atoms in total. The highest BCUT2D eigenvalue weighted by Crippen LogP contribution is 2.38. The number of nitrogens with zero attached hydrogens (tertiary/aromatic N) is 2. The summed E-state index contributed by atoms with van der Waals surface area (Å²) in [6.07, 6.45) is -3.56. The van der Waals surface area contributed by atoms with E-state index in [9.17, 15) is 37.7 Å². The van der Waals surface area contributed by atoms with E-state index in [4.69, 9.17) is 14.2 Å². The molecule has 39 heavy (non-hydrogen) atoms. The molecule has 14 heteroatoms. The van der Waals surface area contributed by atoms with E-state index in [1.165, 1.54) is 48.5 Å². The third-order valence-corrected chi connectivity index (χ3v) is 5.62. The molecule has 4 amide bonds. The Hall–Kier alpha value is -5.40. The Labute approximate surface area is 216 Å². The van der Waals surface area contributed by atoms with Crippen molar-refractivity contribution in [2.75, 3.05) is 11.7 Å². The van der Waals surface area contributed by atoms with Crippen molar-refractivity contribution in [2.24, 2.45) is 0 Å². The number of ether oxygens (including phenoxy) is 3. The summed E-state index contributed by atoms with van der Waals surface area (Å²) < 4.78 is 54.7. The van der Waals surface area contributed by atoms with Crippen LogP contribution in [0.15, 0.2) is 66.2 Å². The van der Waals surface area contributed by atoms with E-state index >= 15 is 0 Å². The SMILES string of the molecule is O=C1NC(=O)N(c2ccc3c(c2)OCO3)C(=O)C1=Cc1ccc(Oc2ccc(C(F)(F)F)cc2[N+](=O)[O-])cc1. The van der Waals surface area contributed by atoms with Crippen molar-refractivity contribution in [2.45, 2.75) is 6.18 Å². The molecule has 0 aliphatic carbocycles. The van der Waals surface area contributed by atoms with Crippen LogP contribution in [0.2, 0.25) is 0 Å². The molecule has 5 rings (SSSR count). The van der Waals surface area contributed by atoms with Crippen molar-refractivity contribution >= 4 is 35.3 Å². The summed E-state index contributed by atoms with van der Waals surface area (Å²) in [5.74, 6) is -1.46. The predicted molar refractivity (Wildman–Crippen MR) is 126 cm³/mol. The molecule has 3 aromatic carbocycles. The number of fused-ring (bicyclic) bond motifs is 1. The molecule has 3 aromatic rings. The summed E-state index contributed by atoms with van der Waals surface area (Å²) >= 11 is 0. The highest BCUT2D eigenvalue weighted by molar-refractivity contribution is 6.39. The Morgan fingerprint density at radius 3 is 2.38 bits per heavy atom. The van der Waals surface area contributed by atoms with Gasteiger partial charge in [-0.2, -0.15) is 13.2 Å². The molecule has 1 N–H and O–H groups in total. The summed E-state index contributed by atoms with van der Waals surface area (Å²) in [5, 5.41) is 13.4. The quantitative estimate of drug-likeness (QED) is 0.211. The minimum absolute atomic E-state index is 0.0194. The number of hydrogen-bond donors (Lipinski definition) is 1. The largest absolute Gasteiger partial charge is 0.454 e. The Kier molecular flexibility index (Phi) is 6.14. The minimum atomic E-state index is -4.77. The van der Waals surface area contributed by atoms with Gasteiger partial charge in [-0.25, -0.2) is 9.69 Å². The maximum atomic E-state index is 13.1. The molecule has 0 bridgehead atoms. The van der Waals surface area contributed by atoms with Gasteiger partial charge in [-0.05, 0) is 48.0 Å². The third kappa shape index (κ3) is 4.94. The second-order valence-corrected chi connectivity index (χ2v) is 8.10. The zero-order valence-electron chi connectivity index (χ0n) is 19.4. The molecule has 0 saturated carbocycles. The van der Waals surface area contributed by atoms with Crippen LogP contribution >= 0.6 is 0 Å². The number of halogens is 3. The summed E-state index contributed by atoms with van der Waals surface area (Å²) in [6.45, 7) is -0.0194. The van der Waals surface area contributed by atoms with Crippen LogP contribution < -0.4 is 24.4 Å². The number of nitro benzene ring substituents is 1. The molecule has 0 spiro atoms. The number of rotatable bonds is 5. The normalized spacial score (nSPS) is 15.9. The van der Waals surface area contributed by atoms with Gasteiger partial charge in [0.25, 0.3) is 11.8 Å². The predicted octanol–water partition coefficient (Wildman–Crippen LogP) is 4.80. The van der Waals surface area contributed by atoms with E-state index < -0.39 is 45.9 Å². The van der Waals surface area contributed by atoms with Crippen LogP contribution in [0.4, 0.5) is 29.3 Å². The number of hydrogen-bond acceptors (Lipinski definition) is 8. The maximum absolute atomic E-state index is 13.1. The Bertz CT molecular complexity index is 1570. The van der Waals surface area contributed by atoms with Crippen LogP contribution in [0.25, 0.3) is 6.08 Å². The molecule has 2 aliphatic heterocycles. The number of anilines is 1. The first-order valence-corrected chi connectivity index (χ1v) is 11.0. The molecule has 2 aliphatic rings. The number of alkyl halides is 3. The van der Waals surface area contributed by atoms with Gasteiger partial charge in [0, 0.05) is 12.1 Å². The van der Waals surface area contributed by atoms with Gasteiger partial charge in [-0.3, -0.25) is 25.0 Å². The zero-order valence-corrected chi connectivity index (χ0v) is 19.4. The number of barbiturate groups is 1. The lowest BCUT2D eigenvalue weighted by atomic mass is 10.1. The molecule has 0 aromatic heterocycles. The van der Waals surface area contributed by atoms with Gasteiger partial charge in [-0.15, -0.1) is 0 Å². The first-order valence-electron chi connectivity index (χ1n) is 11.0. The molecule has 0 atom stereocenters. The van der Waals surface area contributed by atoms with E-state index in [0.717, 1.165) is 11.0 Å². The van der Waals surface area contributed by atoms with Crippen molar-refractivity contribution in [3.05, 3.63) is 87.5 Å². The van der Waals surface area contributed by atoms with E-state index in [0.29, 0.717) is 29.2 Å². The van der Waals surface area contributed by atoms with Crippen LogP contribution in [0, 0.1) is 10.1 Å². The van der Waals surface area contributed by atoms with Crippen molar-refractivity contribution in [3.8, 4) is 23.0 Å². The monoisotopic (exact) mass is 541 g/mol. The second-order valence-electron chi connectivity index (χ2n) is 8.10. The molecule has 1 fully saturated rings. The standard InChI is InChI=1S/C25H14F3N3O8/c26-25(27,28)14-3-7-19(18(10-14)31(35)36)39-16-5-1-13(2-6-16)9-17-22(32)29-24(34)30(23(17)33)15-4-8-20-21(11-15)38-12-37-20/h1-11H,12H2,(H,29,32,34).